The molecule has 0 spiro atoms. The van der Waals surface area contributed by atoms with Gasteiger partial charge in [0.25, 0.3) is 5.89 Å². The molecule has 7 nitrogen and oxygen atoms in total. The van der Waals surface area contributed by atoms with E-state index in [-0.39, 0.29) is 29.6 Å². The summed E-state index contributed by atoms with van der Waals surface area (Å²) in [7, 11) is 0. The number of likely N-dealkylation sites (N-methyl/N-ethyl adjacent to an activating group) is 1. The Kier molecular flexibility index (Phi) is 7.38. The minimum Gasteiger partial charge on any atom is -0.415 e. The summed E-state index contributed by atoms with van der Waals surface area (Å²) in [6.07, 6.45) is -2.91. The minimum atomic E-state index is -2.91. The predicted octanol–water partition coefficient (Wildman–Crippen LogP) is 5.23. The molecule has 1 aliphatic heterocycles. The number of halogens is 4. The molecule has 1 aromatic heterocycles. The number of carbonyl (C=O) groups excluding carboxylic acids is 1. The second-order valence-electron chi connectivity index (χ2n) is 7.82. The molecule has 0 atom stereocenters. The lowest BCUT2D eigenvalue weighted by Gasteiger charge is -2.37. The van der Waals surface area contributed by atoms with Gasteiger partial charge in [0, 0.05) is 48.0 Å². The van der Waals surface area contributed by atoms with E-state index < -0.39 is 18.1 Å². The third-order valence-electron chi connectivity index (χ3n) is 5.72. The van der Waals surface area contributed by atoms with Crippen LogP contribution in [-0.4, -0.2) is 58.8 Å². The van der Waals surface area contributed by atoms with E-state index in [9.17, 15) is 13.6 Å². The lowest BCUT2D eigenvalue weighted by molar-refractivity contribution is 0.116. The largest absolute Gasteiger partial charge is 0.415 e. The van der Waals surface area contributed by atoms with Crippen LogP contribution in [0.4, 0.5) is 23.7 Å². The Bertz CT molecular complexity index is 1130. The first-order chi connectivity index (χ1) is 16.4. The summed E-state index contributed by atoms with van der Waals surface area (Å²) in [6, 6.07) is 10.6. The van der Waals surface area contributed by atoms with Gasteiger partial charge in [0.1, 0.15) is 5.82 Å². The van der Waals surface area contributed by atoms with Crippen LogP contribution in [0.3, 0.4) is 0 Å². The van der Waals surface area contributed by atoms with Crippen molar-refractivity contribution in [3.05, 3.63) is 64.8 Å². The molecule has 2 aromatic carbocycles. The van der Waals surface area contributed by atoms with Gasteiger partial charge in [-0.2, -0.15) is 8.78 Å². The van der Waals surface area contributed by atoms with E-state index in [1.165, 1.54) is 17.0 Å². The van der Waals surface area contributed by atoms with Crippen LogP contribution in [-0.2, 0) is 6.54 Å². The maximum atomic E-state index is 15.0. The normalized spacial score (nSPS) is 14.6. The average Bonchev–Trinajstić information content (AvgIpc) is 3.34. The molecule has 0 saturated carbocycles. The molecule has 0 radical (unpaired) electrons. The number of rotatable bonds is 6. The van der Waals surface area contributed by atoms with E-state index in [0.29, 0.717) is 23.8 Å². The Morgan fingerprint density at radius 1 is 1.12 bits per heavy atom. The molecule has 1 fully saturated rings. The minimum absolute atomic E-state index is 0.0350. The number of alkyl halides is 2. The first-order valence-corrected chi connectivity index (χ1v) is 11.2. The molecule has 3 aromatic rings. The SMILES string of the molecule is CCN1CCN(C(=O)N(Cc2ccc(-c3nnc(C(F)F)o3)cc2F)c2ccc(Cl)cc2)CC1. The van der Waals surface area contributed by atoms with Gasteiger partial charge in [-0.15, -0.1) is 10.2 Å². The zero-order valence-electron chi connectivity index (χ0n) is 18.4. The molecule has 0 aliphatic carbocycles. The van der Waals surface area contributed by atoms with Gasteiger partial charge in [-0.3, -0.25) is 4.90 Å². The fraction of sp³-hybridized carbons (Fsp3) is 0.348. The summed E-state index contributed by atoms with van der Waals surface area (Å²) in [6.45, 7) is 5.64. The first-order valence-electron chi connectivity index (χ1n) is 10.8. The lowest BCUT2D eigenvalue weighted by Crippen LogP contribution is -2.52. The van der Waals surface area contributed by atoms with E-state index >= 15 is 4.39 Å². The quantitative estimate of drug-likeness (QED) is 0.470. The van der Waals surface area contributed by atoms with E-state index in [1.54, 1.807) is 29.2 Å². The predicted molar refractivity (Wildman–Crippen MR) is 121 cm³/mol. The van der Waals surface area contributed by atoms with Gasteiger partial charge in [0.2, 0.25) is 5.89 Å². The van der Waals surface area contributed by atoms with Crippen LogP contribution in [0.1, 0.15) is 24.8 Å². The third-order valence-corrected chi connectivity index (χ3v) is 5.97. The highest BCUT2D eigenvalue weighted by Gasteiger charge is 2.27. The Labute approximate surface area is 199 Å². The van der Waals surface area contributed by atoms with Crippen molar-refractivity contribution < 1.29 is 22.4 Å². The molecular weight excluding hydrogens is 471 g/mol. The molecule has 1 aliphatic rings. The number of benzene rings is 2. The van der Waals surface area contributed by atoms with E-state index in [0.717, 1.165) is 25.7 Å². The number of nitrogens with zero attached hydrogens (tertiary/aromatic N) is 5. The van der Waals surface area contributed by atoms with E-state index in [4.69, 9.17) is 16.0 Å². The van der Waals surface area contributed by atoms with Crippen molar-refractivity contribution in [3.8, 4) is 11.5 Å². The van der Waals surface area contributed by atoms with Crippen molar-refractivity contribution >= 4 is 23.3 Å². The van der Waals surface area contributed by atoms with Gasteiger partial charge in [0.05, 0.1) is 6.54 Å². The Balaban J connectivity index is 1.58. The summed E-state index contributed by atoms with van der Waals surface area (Å²) in [5.41, 5.74) is 0.989. The summed E-state index contributed by atoms with van der Waals surface area (Å²) in [5.74, 6) is -1.67. The van der Waals surface area contributed by atoms with Crippen molar-refractivity contribution in [1.82, 2.24) is 20.0 Å². The van der Waals surface area contributed by atoms with Crippen LogP contribution in [0.5, 0.6) is 0 Å². The zero-order chi connectivity index (χ0) is 24.2. The molecule has 0 N–H and O–H groups in total. The number of piperazine rings is 1. The third kappa shape index (κ3) is 5.34. The average molecular weight is 494 g/mol. The Morgan fingerprint density at radius 2 is 1.82 bits per heavy atom. The van der Waals surface area contributed by atoms with Crippen LogP contribution < -0.4 is 4.90 Å². The van der Waals surface area contributed by atoms with Crippen LogP contribution >= 0.6 is 11.6 Å². The first kappa shape index (κ1) is 24.0. The number of amides is 2. The fourth-order valence-electron chi connectivity index (χ4n) is 3.73. The molecule has 1 saturated heterocycles. The van der Waals surface area contributed by atoms with Crippen molar-refractivity contribution in [2.75, 3.05) is 37.6 Å². The van der Waals surface area contributed by atoms with Crippen LogP contribution in [0.25, 0.3) is 11.5 Å². The zero-order valence-corrected chi connectivity index (χ0v) is 19.2. The summed E-state index contributed by atoms with van der Waals surface area (Å²) >= 11 is 6.01. The number of anilines is 1. The second kappa shape index (κ2) is 10.4. The molecule has 0 bridgehead atoms. The highest BCUT2D eigenvalue weighted by atomic mass is 35.5. The van der Waals surface area contributed by atoms with Crippen molar-refractivity contribution in [1.29, 1.82) is 0 Å². The number of aromatic nitrogens is 2. The Hall–Kier alpha value is -3.11. The van der Waals surface area contributed by atoms with E-state index in [1.807, 2.05) is 0 Å². The smallest absolute Gasteiger partial charge is 0.324 e. The van der Waals surface area contributed by atoms with Gasteiger partial charge >= 0.3 is 12.5 Å². The fourth-order valence-corrected chi connectivity index (χ4v) is 3.86. The molecule has 180 valence electrons. The van der Waals surface area contributed by atoms with Crippen LogP contribution in [0, 0.1) is 5.82 Å². The Morgan fingerprint density at radius 3 is 2.41 bits per heavy atom. The molecule has 2 heterocycles. The molecule has 4 rings (SSSR count). The number of hydrogen-bond donors (Lipinski definition) is 0. The summed E-state index contributed by atoms with van der Waals surface area (Å²) in [4.78, 5) is 18.9. The van der Waals surface area contributed by atoms with Crippen molar-refractivity contribution in [2.45, 2.75) is 19.9 Å². The molecule has 34 heavy (non-hydrogen) atoms. The van der Waals surface area contributed by atoms with E-state index in [2.05, 4.69) is 22.0 Å². The van der Waals surface area contributed by atoms with Gasteiger partial charge in [-0.25, -0.2) is 9.18 Å². The van der Waals surface area contributed by atoms with Gasteiger partial charge < -0.3 is 14.2 Å². The number of hydrogen-bond acceptors (Lipinski definition) is 5. The summed E-state index contributed by atoms with van der Waals surface area (Å²) < 4.78 is 45.4. The molecule has 11 heteroatoms. The lowest BCUT2D eigenvalue weighted by atomic mass is 10.1. The van der Waals surface area contributed by atoms with Gasteiger partial charge in [-0.1, -0.05) is 24.6 Å². The molecule has 2 amide bonds. The van der Waals surface area contributed by atoms with Crippen LogP contribution in [0.2, 0.25) is 5.02 Å². The topological polar surface area (TPSA) is 65.7 Å². The number of urea groups is 1. The van der Waals surface area contributed by atoms with Crippen molar-refractivity contribution in [2.24, 2.45) is 0 Å². The van der Waals surface area contributed by atoms with Crippen molar-refractivity contribution in [3.63, 3.8) is 0 Å². The number of carbonyl (C=O) groups is 1. The maximum absolute atomic E-state index is 15.0. The highest BCUT2D eigenvalue weighted by molar-refractivity contribution is 6.30. The monoisotopic (exact) mass is 493 g/mol. The second-order valence-corrected chi connectivity index (χ2v) is 8.26. The standard InChI is InChI=1S/C23H23ClF3N5O2/c1-2-30-9-11-31(12-10-30)23(33)32(18-7-5-17(24)6-8-18)14-16-4-3-15(13-19(16)25)21-28-29-22(34-21)20(26)27/h3-8,13,20H,2,9-12,14H2,1H3. The van der Waals surface area contributed by atoms with Gasteiger partial charge in [-0.05, 0) is 42.9 Å². The van der Waals surface area contributed by atoms with Crippen LogP contribution in [0.15, 0.2) is 46.9 Å². The maximum Gasteiger partial charge on any atom is 0.324 e. The van der Waals surface area contributed by atoms with Gasteiger partial charge in [0.15, 0.2) is 0 Å². The molecular formula is C23H23ClF3N5O2. The highest BCUT2D eigenvalue weighted by Crippen LogP contribution is 2.27. The molecule has 0 unspecified atom stereocenters. The summed E-state index contributed by atoms with van der Waals surface area (Å²) in [5, 5.41) is 7.33.